The van der Waals surface area contributed by atoms with Crippen LogP contribution in [0.3, 0.4) is 0 Å². The molecule has 0 aliphatic heterocycles. The van der Waals surface area contributed by atoms with Crippen LogP contribution >= 0.6 is 0 Å². The van der Waals surface area contributed by atoms with E-state index in [0.29, 0.717) is 29.1 Å². The molecule has 1 aromatic heterocycles. The van der Waals surface area contributed by atoms with E-state index < -0.39 is 12.1 Å². The molecule has 1 unspecified atom stereocenters. The number of carbonyl (C=O) groups is 1. The van der Waals surface area contributed by atoms with Crippen LogP contribution in [0.1, 0.15) is 23.9 Å². The number of hydrogen-bond acceptors (Lipinski definition) is 5. The Labute approximate surface area is 197 Å². The predicted molar refractivity (Wildman–Crippen MR) is 130 cm³/mol. The number of ether oxygens (including phenoxy) is 2. The second-order valence-electron chi connectivity index (χ2n) is 7.94. The van der Waals surface area contributed by atoms with Crippen LogP contribution in [0.15, 0.2) is 77.6 Å². The van der Waals surface area contributed by atoms with Gasteiger partial charge < -0.3 is 14.6 Å². The molecule has 0 radical (unpaired) electrons. The average Bonchev–Trinajstić information content (AvgIpc) is 2.84. The maximum atomic E-state index is 13.3. The highest BCUT2D eigenvalue weighted by Gasteiger charge is 2.18. The highest BCUT2D eigenvalue weighted by molar-refractivity contribution is 5.77. The molecule has 0 bridgehead atoms. The summed E-state index contributed by atoms with van der Waals surface area (Å²) in [6, 6.07) is 22.1. The molecule has 1 atom stereocenters. The number of aromatic nitrogens is 2. The summed E-state index contributed by atoms with van der Waals surface area (Å²) >= 11 is 0. The van der Waals surface area contributed by atoms with Crippen molar-refractivity contribution in [2.24, 2.45) is 0 Å². The fourth-order valence-electron chi connectivity index (χ4n) is 3.74. The molecule has 3 aromatic carbocycles. The van der Waals surface area contributed by atoms with Crippen LogP contribution in [0.25, 0.3) is 16.6 Å². The number of carboxylic acids is 1. The van der Waals surface area contributed by atoms with E-state index in [-0.39, 0.29) is 18.6 Å². The van der Waals surface area contributed by atoms with Gasteiger partial charge in [-0.2, -0.15) is 0 Å². The lowest BCUT2D eigenvalue weighted by Crippen LogP contribution is -2.26. The van der Waals surface area contributed by atoms with Gasteiger partial charge in [-0.25, -0.2) is 9.78 Å². The predicted octanol–water partition coefficient (Wildman–Crippen LogP) is 4.31. The molecule has 7 nitrogen and oxygen atoms in total. The van der Waals surface area contributed by atoms with Gasteiger partial charge in [0.05, 0.1) is 16.6 Å². The Kier molecular flexibility index (Phi) is 7.04. The molecule has 0 aliphatic carbocycles. The standard InChI is InChI=1S/C27H26N2O5/c1-3-33-24(27(31)32)16-19-10-14-21(15-11-19)34-17-25-28-23-7-5-4-6-22(23)26(30)29(25)20-12-8-18(2)9-13-20/h4-15,24H,3,16-17H2,1-2H3,(H,31,32). The van der Waals surface area contributed by atoms with E-state index >= 15 is 0 Å². The number of fused-ring (bicyclic) bond motifs is 1. The zero-order chi connectivity index (χ0) is 24.1. The van der Waals surface area contributed by atoms with Gasteiger partial charge in [0.2, 0.25) is 0 Å². The van der Waals surface area contributed by atoms with Crippen LogP contribution in [-0.4, -0.2) is 33.3 Å². The van der Waals surface area contributed by atoms with Crippen molar-refractivity contribution in [1.29, 1.82) is 0 Å². The van der Waals surface area contributed by atoms with Crippen LogP contribution in [0.5, 0.6) is 5.75 Å². The minimum Gasteiger partial charge on any atom is -0.486 e. The quantitative estimate of drug-likeness (QED) is 0.402. The van der Waals surface area contributed by atoms with Gasteiger partial charge in [0, 0.05) is 13.0 Å². The first-order valence-electron chi connectivity index (χ1n) is 11.1. The SMILES string of the molecule is CCOC(Cc1ccc(OCc2nc3ccccc3c(=O)n2-c2ccc(C)cc2)cc1)C(=O)O. The molecule has 1 N–H and O–H groups in total. The normalized spacial score (nSPS) is 11.9. The summed E-state index contributed by atoms with van der Waals surface area (Å²) in [6.45, 7) is 4.18. The van der Waals surface area contributed by atoms with Gasteiger partial charge in [-0.05, 0) is 55.8 Å². The summed E-state index contributed by atoms with van der Waals surface area (Å²) in [7, 11) is 0. The highest BCUT2D eigenvalue weighted by Crippen LogP contribution is 2.18. The third-order valence-electron chi connectivity index (χ3n) is 5.49. The number of nitrogens with zero attached hydrogens (tertiary/aromatic N) is 2. The molecular weight excluding hydrogens is 432 g/mol. The first-order chi connectivity index (χ1) is 16.5. The third kappa shape index (κ3) is 5.15. The van der Waals surface area contributed by atoms with Gasteiger partial charge in [-0.15, -0.1) is 0 Å². The molecule has 4 rings (SSSR count). The Morgan fingerprint density at radius 3 is 2.41 bits per heavy atom. The summed E-state index contributed by atoms with van der Waals surface area (Å²) in [6.07, 6.45) is -0.620. The second-order valence-corrected chi connectivity index (χ2v) is 7.94. The van der Waals surface area contributed by atoms with Gasteiger partial charge in [0.1, 0.15) is 12.4 Å². The number of rotatable bonds is 9. The van der Waals surface area contributed by atoms with E-state index in [9.17, 15) is 14.7 Å². The third-order valence-corrected chi connectivity index (χ3v) is 5.49. The molecule has 0 saturated carbocycles. The van der Waals surface area contributed by atoms with Crippen LogP contribution in [-0.2, 0) is 22.6 Å². The highest BCUT2D eigenvalue weighted by atomic mass is 16.5. The summed E-state index contributed by atoms with van der Waals surface area (Å²) in [5.74, 6) is 0.0856. The lowest BCUT2D eigenvalue weighted by atomic mass is 10.1. The molecule has 174 valence electrons. The number of benzene rings is 3. The van der Waals surface area contributed by atoms with Crippen molar-refractivity contribution in [2.75, 3.05) is 6.61 Å². The van der Waals surface area contributed by atoms with Crippen molar-refractivity contribution in [1.82, 2.24) is 9.55 Å². The smallest absolute Gasteiger partial charge is 0.333 e. The number of aliphatic carboxylic acids is 1. The summed E-state index contributed by atoms with van der Waals surface area (Å²) in [5, 5.41) is 9.82. The molecule has 0 aliphatic rings. The monoisotopic (exact) mass is 458 g/mol. The maximum absolute atomic E-state index is 13.3. The molecule has 7 heteroatoms. The molecule has 0 saturated heterocycles. The fourth-order valence-corrected chi connectivity index (χ4v) is 3.74. The lowest BCUT2D eigenvalue weighted by Gasteiger charge is -2.15. The molecule has 1 heterocycles. The van der Waals surface area contributed by atoms with Gasteiger partial charge in [0.15, 0.2) is 11.9 Å². The van der Waals surface area contributed by atoms with Crippen LogP contribution in [0.2, 0.25) is 0 Å². The lowest BCUT2D eigenvalue weighted by molar-refractivity contribution is -0.149. The number of hydrogen-bond donors (Lipinski definition) is 1. The minimum absolute atomic E-state index is 0.0873. The summed E-state index contributed by atoms with van der Waals surface area (Å²) in [5.41, 5.74) is 3.10. The topological polar surface area (TPSA) is 90.7 Å². The Hall–Kier alpha value is -3.97. The number of carboxylic acid groups (broad SMARTS) is 1. The minimum atomic E-state index is -0.987. The van der Waals surface area contributed by atoms with Crippen molar-refractivity contribution >= 4 is 16.9 Å². The van der Waals surface area contributed by atoms with Gasteiger partial charge >= 0.3 is 5.97 Å². The zero-order valence-corrected chi connectivity index (χ0v) is 19.1. The fraction of sp³-hybridized carbons (Fsp3) is 0.222. The van der Waals surface area contributed by atoms with E-state index in [2.05, 4.69) is 0 Å². The largest absolute Gasteiger partial charge is 0.486 e. The maximum Gasteiger partial charge on any atom is 0.333 e. The van der Waals surface area contributed by atoms with Gasteiger partial charge in [0.25, 0.3) is 5.56 Å². The molecule has 34 heavy (non-hydrogen) atoms. The van der Waals surface area contributed by atoms with Crippen molar-refractivity contribution in [3.8, 4) is 11.4 Å². The Morgan fingerprint density at radius 1 is 1.03 bits per heavy atom. The van der Waals surface area contributed by atoms with Crippen LogP contribution in [0.4, 0.5) is 0 Å². The van der Waals surface area contributed by atoms with Crippen LogP contribution in [0, 0.1) is 6.92 Å². The van der Waals surface area contributed by atoms with Crippen molar-refractivity contribution in [2.45, 2.75) is 33.0 Å². The zero-order valence-electron chi connectivity index (χ0n) is 19.1. The first kappa shape index (κ1) is 23.2. The second kappa shape index (κ2) is 10.3. The first-order valence-corrected chi connectivity index (χ1v) is 11.1. The van der Waals surface area contributed by atoms with E-state index in [4.69, 9.17) is 14.5 Å². The van der Waals surface area contributed by atoms with Crippen molar-refractivity contribution in [3.05, 3.63) is 100 Å². The number of aryl methyl sites for hydroxylation is 1. The summed E-state index contributed by atoms with van der Waals surface area (Å²) < 4.78 is 12.8. The van der Waals surface area contributed by atoms with E-state index in [0.717, 1.165) is 16.8 Å². The Morgan fingerprint density at radius 2 is 1.74 bits per heavy atom. The van der Waals surface area contributed by atoms with Crippen LogP contribution < -0.4 is 10.3 Å². The molecule has 0 amide bonds. The van der Waals surface area contributed by atoms with Crippen molar-refractivity contribution in [3.63, 3.8) is 0 Å². The van der Waals surface area contributed by atoms with E-state index in [1.54, 1.807) is 29.7 Å². The Balaban J connectivity index is 1.60. The van der Waals surface area contributed by atoms with Crippen molar-refractivity contribution < 1.29 is 19.4 Å². The molecule has 4 aromatic rings. The average molecular weight is 459 g/mol. The van der Waals surface area contributed by atoms with E-state index in [1.165, 1.54) is 0 Å². The summed E-state index contributed by atoms with van der Waals surface area (Å²) in [4.78, 5) is 29.3. The molecule has 0 spiro atoms. The Bertz CT molecular complexity index is 1340. The van der Waals surface area contributed by atoms with Gasteiger partial charge in [-0.3, -0.25) is 9.36 Å². The molecule has 0 fully saturated rings. The number of para-hydroxylation sites is 1. The van der Waals surface area contributed by atoms with Gasteiger partial charge in [-0.1, -0.05) is 42.0 Å². The van der Waals surface area contributed by atoms with E-state index in [1.807, 2.05) is 61.5 Å². The molecular formula is C27H26N2O5.